The second kappa shape index (κ2) is 11.0. The van der Waals surface area contributed by atoms with E-state index in [0.717, 1.165) is 89.3 Å². The van der Waals surface area contributed by atoms with E-state index in [-0.39, 0.29) is 0 Å². The summed E-state index contributed by atoms with van der Waals surface area (Å²) in [6.07, 6.45) is 0. The van der Waals surface area contributed by atoms with E-state index in [9.17, 15) is 0 Å². The summed E-state index contributed by atoms with van der Waals surface area (Å²) in [4.78, 5) is 5.09. The molecule has 0 radical (unpaired) electrons. The van der Waals surface area contributed by atoms with Crippen LogP contribution in [0.15, 0.2) is 156 Å². The first-order valence-corrected chi connectivity index (χ1v) is 16.2. The van der Waals surface area contributed by atoms with Crippen molar-refractivity contribution in [2.24, 2.45) is 0 Å². The molecule has 8 aromatic rings. The van der Waals surface area contributed by atoms with Gasteiger partial charge in [0.2, 0.25) is 5.79 Å². The number of furan rings is 1. The summed E-state index contributed by atoms with van der Waals surface area (Å²) in [6.45, 7) is 3.90. The molecule has 0 fully saturated rings. The molecule has 0 saturated carbocycles. The van der Waals surface area contributed by atoms with Crippen LogP contribution in [0.25, 0.3) is 77.8 Å². The maximum Gasteiger partial charge on any atom is 0.245 e. The molecule has 0 saturated heterocycles. The molecule has 0 bridgehead atoms. The fraction of sp³-hybridized carbons (Fsp3) is 0.0682. The van der Waals surface area contributed by atoms with Crippen molar-refractivity contribution in [2.45, 2.75) is 19.6 Å². The van der Waals surface area contributed by atoms with Crippen LogP contribution in [-0.4, -0.2) is 10.8 Å². The molecular weight excluding hydrogens is 590 g/mol. The summed E-state index contributed by atoms with van der Waals surface area (Å²) < 4.78 is 19.2. The summed E-state index contributed by atoms with van der Waals surface area (Å²) >= 11 is 0. The van der Waals surface area contributed by atoms with Crippen molar-refractivity contribution in [1.82, 2.24) is 4.98 Å². The van der Waals surface area contributed by atoms with Crippen LogP contribution in [0.4, 0.5) is 0 Å². The molecule has 0 atom stereocenters. The van der Waals surface area contributed by atoms with E-state index >= 15 is 0 Å². The highest BCUT2D eigenvalue weighted by Crippen LogP contribution is 2.46. The van der Waals surface area contributed by atoms with Crippen LogP contribution in [0.3, 0.4) is 0 Å². The number of hydrogen-bond acceptors (Lipinski definition) is 4. The molecule has 1 aliphatic heterocycles. The van der Waals surface area contributed by atoms with Crippen LogP contribution in [0.2, 0.25) is 0 Å². The molecular formula is C44H31NO3. The van der Waals surface area contributed by atoms with Gasteiger partial charge in [0.15, 0.2) is 0 Å². The van der Waals surface area contributed by atoms with Crippen LogP contribution in [0.5, 0.6) is 11.5 Å². The van der Waals surface area contributed by atoms with Gasteiger partial charge < -0.3 is 13.9 Å². The van der Waals surface area contributed by atoms with Crippen molar-refractivity contribution in [3.8, 4) is 67.4 Å². The van der Waals surface area contributed by atoms with Crippen LogP contribution < -0.4 is 9.47 Å². The Morgan fingerprint density at radius 3 is 1.54 bits per heavy atom. The van der Waals surface area contributed by atoms with Crippen LogP contribution in [0.1, 0.15) is 13.8 Å². The first-order chi connectivity index (χ1) is 23.5. The van der Waals surface area contributed by atoms with Gasteiger partial charge in [-0.1, -0.05) is 97.1 Å². The number of nitrogens with zero attached hydrogens (tertiary/aromatic N) is 1. The number of para-hydroxylation sites is 1. The maximum absolute atomic E-state index is 6.49. The first-order valence-electron chi connectivity index (χ1n) is 16.2. The topological polar surface area (TPSA) is 44.5 Å². The zero-order valence-electron chi connectivity index (χ0n) is 26.6. The SMILES string of the molecule is CC1(C)Oc2ccc(-c3cc(-c4ccccc4)nc(-c4ccccc4)c3)cc2-c2cc(-c3ccc4c(c3)oc3ccccc34)ccc2O1. The summed E-state index contributed by atoms with van der Waals surface area (Å²) in [5.41, 5.74) is 12.0. The zero-order valence-corrected chi connectivity index (χ0v) is 26.6. The van der Waals surface area contributed by atoms with E-state index < -0.39 is 5.79 Å². The normalized spacial score (nSPS) is 13.3. The van der Waals surface area contributed by atoms with E-state index in [1.165, 1.54) is 0 Å². The molecule has 3 heterocycles. The van der Waals surface area contributed by atoms with Crippen molar-refractivity contribution in [3.63, 3.8) is 0 Å². The van der Waals surface area contributed by atoms with Gasteiger partial charge in [-0.05, 0) is 76.9 Å². The summed E-state index contributed by atoms with van der Waals surface area (Å²) in [5.74, 6) is 0.690. The van der Waals surface area contributed by atoms with Crippen LogP contribution in [-0.2, 0) is 0 Å². The lowest BCUT2D eigenvalue weighted by Crippen LogP contribution is -2.34. The second-order valence-electron chi connectivity index (χ2n) is 12.7. The summed E-state index contributed by atoms with van der Waals surface area (Å²) in [5, 5.41) is 2.23. The zero-order chi connectivity index (χ0) is 32.2. The lowest BCUT2D eigenvalue weighted by atomic mass is 9.93. The number of fused-ring (bicyclic) bond motifs is 6. The molecule has 230 valence electrons. The Morgan fingerprint density at radius 1 is 0.417 bits per heavy atom. The lowest BCUT2D eigenvalue weighted by molar-refractivity contribution is -0.0778. The number of benzene rings is 6. The molecule has 4 heteroatoms. The van der Waals surface area contributed by atoms with Gasteiger partial charge in [0.25, 0.3) is 0 Å². The average molecular weight is 622 g/mol. The van der Waals surface area contributed by atoms with Crippen molar-refractivity contribution < 1.29 is 13.9 Å². The summed E-state index contributed by atoms with van der Waals surface area (Å²) in [6, 6.07) is 52.4. The Morgan fingerprint density at radius 2 is 0.917 bits per heavy atom. The number of pyridine rings is 1. The van der Waals surface area contributed by atoms with E-state index in [1.807, 2.05) is 74.5 Å². The van der Waals surface area contributed by atoms with Gasteiger partial charge in [-0.2, -0.15) is 0 Å². The van der Waals surface area contributed by atoms with Gasteiger partial charge in [0.1, 0.15) is 22.7 Å². The number of ether oxygens (including phenoxy) is 2. The fourth-order valence-corrected chi connectivity index (χ4v) is 6.68. The molecule has 48 heavy (non-hydrogen) atoms. The quantitative estimate of drug-likeness (QED) is 0.196. The minimum Gasteiger partial charge on any atom is -0.456 e. The fourth-order valence-electron chi connectivity index (χ4n) is 6.68. The van der Waals surface area contributed by atoms with E-state index in [1.54, 1.807) is 0 Å². The molecule has 0 aliphatic carbocycles. The number of aromatic nitrogens is 1. The lowest BCUT2D eigenvalue weighted by Gasteiger charge is -2.25. The predicted molar refractivity (Wildman–Crippen MR) is 194 cm³/mol. The second-order valence-corrected chi connectivity index (χ2v) is 12.7. The van der Waals surface area contributed by atoms with E-state index in [2.05, 4.69) is 91.0 Å². The third-order valence-electron chi connectivity index (χ3n) is 8.97. The highest BCUT2D eigenvalue weighted by Gasteiger charge is 2.30. The predicted octanol–water partition coefficient (Wildman–Crippen LogP) is 11.8. The molecule has 0 spiro atoms. The van der Waals surface area contributed by atoms with Crippen molar-refractivity contribution >= 4 is 21.9 Å². The molecule has 4 nitrogen and oxygen atoms in total. The van der Waals surface area contributed by atoms with Gasteiger partial charge in [-0.25, -0.2) is 4.98 Å². The Labute approximate surface area is 278 Å². The third kappa shape index (κ3) is 4.99. The van der Waals surface area contributed by atoms with Crippen LogP contribution >= 0.6 is 0 Å². The monoisotopic (exact) mass is 621 g/mol. The Kier molecular flexibility index (Phi) is 6.44. The van der Waals surface area contributed by atoms with Gasteiger partial charge >= 0.3 is 0 Å². The maximum atomic E-state index is 6.49. The summed E-state index contributed by atoms with van der Waals surface area (Å²) in [7, 11) is 0. The number of rotatable bonds is 4. The highest BCUT2D eigenvalue weighted by atomic mass is 16.7. The van der Waals surface area contributed by atoms with Crippen LogP contribution in [0, 0.1) is 0 Å². The molecule has 1 aliphatic rings. The number of hydrogen-bond donors (Lipinski definition) is 0. The Hall–Kier alpha value is -6.13. The smallest absolute Gasteiger partial charge is 0.245 e. The Balaban J connectivity index is 1.20. The largest absolute Gasteiger partial charge is 0.456 e. The molecule has 0 N–H and O–H groups in total. The van der Waals surface area contributed by atoms with Gasteiger partial charge in [-0.15, -0.1) is 0 Å². The van der Waals surface area contributed by atoms with E-state index in [4.69, 9.17) is 18.9 Å². The minimum atomic E-state index is -0.853. The van der Waals surface area contributed by atoms with E-state index in [0.29, 0.717) is 0 Å². The minimum absolute atomic E-state index is 0.771. The van der Waals surface area contributed by atoms with Gasteiger partial charge in [-0.3, -0.25) is 0 Å². The van der Waals surface area contributed by atoms with Crippen molar-refractivity contribution in [2.75, 3.05) is 0 Å². The third-order valence-corrected chi connectivity index (χ3v) is 8.97. The van der Waals surface area contributed by atoms with Crippen molar-refractivity contribution in [3.05, 3.63) is 152 Å². The standard InChI is InChI=1S/C44H31NO3/c1-44(2)47-41-21-18-30(32-17-20-35-34-15-9-10-16-40(34)46-43(35)27-32)23-36(41)37-24-31(19-22-42(37)48-44)33-25-38(28-11-5-3-6-12-28)45-39(26-33)29-13-7-4-8-14-29/h3-27H,1-2H3. The van der Waals surface area contributed by atoms with Gasteiger partial charge in [0.05, 0.1) is 11.4 Å². The average Bonchev–Trinajstić information content (AvgIpc) is 3.45. The Bertz CT molecular complexity index is 2420. The molecule has 6 aromatic carbocycles. The van der Waals surface area contributed by atoms with Crippen molar-refractivity contribution in [1.29, 1.82) is 0 Å². The highest BCUT2D eigenvalue weighted by molar-refractivity contribution is 6.06. The molecule has 9 rings (SSSR count). The molecule has 0 amide bonds. The van der Waals surface area contributed by atoms with Gasteiger partial charge in [0, 0.05) is 46.9 Å². The first kappa shape index (κ1) is 28.1. The molecule has 2 aromatic heterocycles. The molecule has 0 unspecified atom stereocenters.